The van der Waals surface area contributed by atoms with Crippen LogP contribution in [-0.2, 0) is 16.1 Å². The molecule has 8 heteroatoms. The molecule has 0 unspecified atom stereocenters. The second-order valence-electron chi connectivity index (χ2n) is 5.69. The molecular weight excluding hydrogens is 325 g/mol. The zero-order valence-corrected chi connectivity index (χ0v) is 13.2. The first-order valence-electron chi connectivity index (χ1n) is 7.62. The molecule has 1 fully saturated rings. The largest absolute Gasteiger partial charge is 0.573 e. The number of carbonyl (C=O) groups is 2. The van der Waals surface area contributed by atoms with Crippen LogP contribution >= 0.6 is 0 Å². The number of alkyl halides is 3. The second-order valence-corrected chi connectivity index (χ2v) is 5.69. The Morgan fingerprint density at radius 2 is 1.79 bits per heavy atom. The van der Waals surface area contributed by atoms with Crippen molar-refractivity contribution >= 4 is 11.8 Å². The van der Waals surface area contributed by atoms with Gasteiger partial charge in [0.25, 0.3) is 0 Å². The number of benzene rings is 1. The third kappa shape index (κ3) is 5.43. The Hall–Kier alpha value is -2.25. The average molecular weight is 344 g/mol. The molecule has 0 atom stereocenters. The Kier molecular flexibility index (Phi) is 5.69. The third-order valence-corrected chi connectivity index (χ3v) is 3.93. The molecule has 1 aliphatic heterocycles. The number of amides is 2. The predicted octanol–water partition coefficient (Wildman–Crippen LogP) is 2.46. The van der Waals surface area contributed by atoms with Gasteiger partial charge in [0.15, 0.2) is 0 Å². The molecule has 24 heavy (non-hydrogen) atoms. The van der Waals surface area contributed by atoms with Crippen molar-refractivity contribution in [3.05, 3.63) is 29.8 Å². The Labute approximate surface area is 137 Å². The van der Waals surface area contributed by atoms with Crippen molar-refractivity contribution in [1.29, 1.82) is 0 Å². The lowest BCUT2D eigenvalue weighted by molar-refractivity contribution is -0.274. The minimum atomic E-state index is -4.72. The number of halogens is 3. The Bertz CT molecular complexity index is 579. The van der Waals surface area contributed by atoms with Gasteiger partial charge in [-0.3, -0.25) is 9.59 Å². The zero-order valence-electron chi connectivity index (χ0n) is 13.2. The molecule has 0 aromatic heterocycles. The van der Waals surface area contributed by atoms with Gasteiger partial charge in [0.1, 0.15) is 5.75 Å². The van der Waals surface area contributed by atoms with E-state index < -0.39 is 6.36 Å². The Morgan fingerprint density at radius 3 is 2.29 bits per heavy atom. The van der Waals surface area contributed by atoms with Gasteiger partial charge in [0, 0.05) is 32.5 Å². The maximum atomic E-state index is 12.1. The van der Waals surface area contributed by atoms with Gasteiger partial charge in [-0.1, -0.05) is 12.1 Å². The number of nitrogens with zero attached hydrogens (tertiary/aromatic N) is 1. The van der Waals surface area contributed by atoms with Crippen molar-refractivity contribution in [1.82, 2.24) is 10.2 Å². The molecule has 0 spiro atoms. The molecule has 0 radical (unpaired) electrons. The summed E-state index contributed by atoms with van der Waals surface area (Å²) >= 11 is 0. The minimum Gasteiger partial charge on any atom is -0.406 e. The van der Waals surface area contributed by atoms with Crippen LogP contribution in [0.3, 0.4) is 0 Å². The van der Waals surface area contributed by atoms with Crippen molar-refractivity contribution < 1.29 is 27.5 Å². The van der Waals surface area contributed by atoms with Crippen LogP contribution in [-0.4, -0.2) is 36.2 Å². The lowest BCUT2D eigenvalue weighted by Gasteiger charge is -2.30. The number of ether oxygens (including phenoxy) is 1. The summed E-state index contributed by atoms with van der Waals surface area (Å²) in [6.07, 6.45) is -3.49. The van der Waals surface area contributed by atoms with E-state index in [-0.39, 0.29) is 30.0 Å². The summed E-state index contributed by atoms with van der Waals surface area (Å²) in [7, 11) is 0. The van der Waals surface area contributed by atoms with Crippen molar-refractivity contribution in [3.8, 4) is 5.75 Å². The number of rotatable bonds is 4. The fraction of sp³-hybridized carbons (Fsp3) is 0.500. The zero-order chi connectivity index (χ0) is 17.7. The number of carbonyl (C=O) groups excluding carboxylic acids is 2. The molecule has 0 saturated carbocycles. The second kappa shape index (κ2) is 7.55. The summed E-state index contributed by atoms with van der Waals surface area (Å²) < 4.78 is 40.0. The summed E-state index contributed by atoms with van der Waals surface area (Å²) in [6, 6.07) is 5.36. The molecule has 0 bridgehead atoms. The highest BCUT2D eigenvalue weighted by molar-refractivity contribution is 5.79. The summed E-state index contributed by atoms with van der Waals surface area (Å²) in [4.78, 5) is 25.1. The molecule has 1 aliphatic rings. The first-order chi connectivity index (χ1) is 11.2. The van der Waals surface area contributed by atoms with Gasteiger partial charge in [-0.15, -0.1) is 13.2 Å². The molecular formula is C16H19F3N2O3. The smallest absolute Gasteiger partial charge is 0.406 e. The van der Waals surface area contributed by atoms with E-state index in [9.17, 15) is 22.8 Å². The molecule has 1 aromatic carbocycles. The highest BCUT2D eigenvalue weighted by Crippen LogP contribution is 2.23. The molecule has 2 amide bonds. The SMILES string of the molecule is CC(=O)N1CCC(C(=O)NCc2ccc(OC(F)(F)F)cc2)CC1. The lowest BCUT2D eigenvalue weighted by Crippen LogP contribution is -2.42. The van der Waals surface area contributed by atoms with Crippen molar-refractivity contribution in [2.45, 2.75) is 32.7 Å². The van der Waals surface area contributed by atoms with Crippen LogP contribution in [0, 0.1) is 5.92 Å². The van der Waals surface area contributed by atoms with E-state index in [4.69, 9.17) is 0 Å². The third-order valence-electron chi connectivity index (χ3n) is 3.93. The van der Waals surface area contributed by atoms with Crippen LogP contribution in [0.25, 0.3) is 0 Å². The highest BCUT2D eigenvalue weighted by atomic mass is 19.4. The molecule has 2 rings (SSSR count). The van der Waals surface area contributed by atoms with Gasteiger partial charge in [-0.25, -0.2) is 0 Å². The maximum absolute atomic E-state index is 12.1. The van der Waals surface area contributed by atoms with Crippen molar-refractivity contribution in [2.24, 2.45) is 5.92 Å². The average Bonchev–Trinajstić information content (AvgIpc) is 2.52. The van der Waals surface area contributed by atoms with Crippen molar-refractivity contribution in [3.63, 3.8) is 0 Å². The normalized spacial score (nSPS) is 15.9. The van der Waals surface area contributed by atoms with Gasteiger partial charge in [0.05, 0.1) is 0 Å². The monoisotopic (exact) mass is 344 g/mol. The van der Waals surface area contributed by atoms with Gasteiger partial charge < -0.3 is 15.0 Å². The fourth-order valence-electron chi connectivity index (χ4n) is 2.60. The van der Waals surface area contributed by atoms with Crippen LogP contribution in [0.4, 0.5) is 13.2 Å². The molecule has 1 N–H and O–H groups in total. The van der Waals surface area contributed by atoms with Crippen LogP contribution in [0.5, 0.6) is 5.75 Å². The molecule has 132 valence electrons. The van der Waals surface area contributed by atoms with Gasteiger partial charge in [0.2, 0.25) is 11.8 Å². The molecule has 1 aromatic rings. The van der Waals surface area contributed by atoms with Gasteiger partial charge >= 0.3 is 6.36 Å². The minimum absolute atomic E-state index is 0.00928. The number of hydrogen-bond acceptors (Lipinski definition) is 3. The van der Waals surface area contributed by atoms with Crippen LogP contribution < -0.4 is 10.1 Å². The van der Waals surface area contributed by atoms with Gasteiger partial charge in [-0.2, -0.15) is 0 Å². The summed E-state index contributed by atoms with van der Waals surface area (Å²) in [5, 5.41) is 2.78. The van der Waals surface area contributed by atoms with E-state index in [1.165, 1.54) is 31.2 Å². The number of nitrogens with one attached hydrogen (secondary N) is 1. The standard InChI is InChI=1S/C16H19F3N2O3/c1-11(22)21-8-6-13(7-9-21)15(23)20-10-12-2-4-14(5-3-12)24-16(17,18)19/h2-5,13H,6-10H2,1H3,(H,20,23). The number of hydrogen-bond donors (Lipinski definition) is 1. The van der Waals surface area contributed by atoms with E-state index >= 15 is 0 Å². The molecule has 1 saturated heterocycles. The molecule has 5 nitrogen and oxygen atoms in total. The maximum Gasteiger partial charge on any atom is 0.573 e. The lowest BCUT2D eigenvalue weighted by atomic mass is 9.96. The number of piperidine rings is 1. The summed E-state index contributed by atoms with van der Waals surface area (Å²) in [6.45, 7) is 2.87. The Morgan fingerprint density at radius 1 is 1.21 bits per heavy atom. The van der Waals surface area contributed by atoms with E-state index in [0.29, 0.717) is 31.5 Å². The molecule has 1 heterocycles. The van der Waals surface area contributed by atoms with Gasteiger partial charge in [-0.05, 0) is 30.5 Å². The van der Waals surface area contributed by atoms with Crippen molar-refractivity contribution in [2.75, 3.05) is 13.1 Å². The first kappa shape index (κ1) is 18.1. The first-order valence-corrected chi connectivity index (χ1v) is 7.62. The predicted molar refractivity (Wildman–Crippen MR) is 79.9 cm³/mol. The summed E-state index contributed by atoms with van der Waals surface area (Å²) in [5.74, 6) is -0.536. The van der Waals surface area contributed by atoms with E-state index in [1.54, 1.807) is 4.90 Å². The van der Waals surface area contributed by atoms with Crippen LogP contribution in [0.1, 0.15) is 25.3 Å². The number of likely N-dealkylation sites (tertiary alicyclic amines) is 1. The van der Waals surface area contributed by atoms with Crippen LogP contribution in [0.15, 0.2) is 24.3 Å². The molecule has 0 aliphatic carbocycles. The van der Waals surface area contributed by atoms with E-state index in [1.807, 2.05) is 0 Å². The quantitative estimate of drug-likeness (QED) is 0.913. The summed E-state index contributed by atoms with van der Waals surface area (Å²) in [5.41, 5.74) is 0.680. The highest BCUT2D eigenvalue weighted by Gasteiger charge is 2.31. The fourth-order valence-corrected chi connectivity index (χ4v) is 2.60. The van der Waals surface area contributed by atoms with Crippen LogP contribution in [0.2, 0.25) is 0 Å². The topological polar surface area (TPSA) is 58.6 Å². The van der Waals surface area contributed by atoms with E-state index in [0.717, 1.165) is 0 Å². The van der Waals surface area contributed by atoms with E-state index in [2.05, 4.69) is 10.1 Å². The Balaban J connectivity index is 1.79.